The van der Waals surface area contributed by atoms with E-state index in [0.717, 1.165) is 0 Å². The van der Waals surface area contributed by atoms with Crippen molar-refractivity contribution in [1.82, 2.24) is 13.1 Å². The lowest BCUT2D eigenvalue weighted by Gasteiger charge is -2.32. The zero-order valence-electron chi connectivity index (χ0n) is 9.63. The van der Waals surface area contributed by atoms with Crippen LogP contribution in [-0.4, -0.2) is 37.3 Å². The van der Waals surface area contributed by atoms with Gasteiger partial charge in [-0.3, -0.25) is 0 Å². The number of nitrogens with zero attached hydrogens (tertiary/aromatic N) is 3. The van der Waals surface area contributed by atoms with Crippen molar-refractivity contribution in [1.29, 1.82) is 0 Å². The summed E-state index contributed by atoms with van der Waals surface area (Å²) in [4.78, 5) is 0. The van der Waals surface area contributed by atoms with E-state index in [4.69, 9.17) is 0 Å². The second-order valence-electron chi connectivity index (χ2n) is 3.41. The molecule has 1 aromatic heterocycles. The van der Waals surface area contributed by atoms with Gasteiger partial charge in [0, 0.05) is 0 Å². The molecular weight excluding hydrogens is 427 g/mol. The Morgan fingerprint density at radius 3 is 1.78 bits per heavy atom. The number of alkyl halides is 9. The average molecular weight is 427 g/mol. The van der Waals surface area contributed by atoms with Gasteiger partial charge in [0.25, 0.3) is 8.16 Å². The number of halogens is 12. The first-order valence-electron chi connectivity index (χ1n) is 4.54. The zero-order valence-corrected chi connectivity index (χ0v) is 12.3. The fraction of sp³-hybridized carbons (Fsp3) is 1.00. The topological polar surface area (TPSA) is 32.0 Å². The van der Waals surface area contributed by atoms with E-state index >= 15 is 0 Å². The Hall–Kier alpha value is -0.580. The Kier molecular flexibility index (Phi) is 5.38. The first-order valence-corrected chi connectivity index (χ1v) is 7.65. The van der Waals surface area contributed by atoms with Gasteiger partial charge in [-0.1, -0.05) is 17.6 Å². The lowest BCUT2D eigenvalue weighted by atomic mass is 10.1. The molecule has 1 aromatic rings. The Morgan fingerprint density at radius 2 is 1.35 bits per heavy atom. The van der Waals surface area contributed by atoms with E-state index in [1.54, 1.807) is 0 Å². The van der Waals surface area contributed by atoms with Crippen LogP contribution >= 0.6 is 24.7 Å². The molecule has 0 N–H and O–H groups in total. The minimum absolute atomic E-state index is 1.03. The van der Waals surface area contributed by atoms with Gasteiger partial charge in [-0.15, -0.1) is 8.71 Å². The van der Waals surface area contributed by atoms with Gasteiger partial charge in [0.05, 0.1) is 0 Å². The van der Waals surface area contributed by atoms with Crippen LogP contribution in [0, 0.1) is 0 Å². The Labute approximate surface area is 120 Å². The average Bonchev–Trinajstić information content (AvgIpc) is 2.37. The molecule has 0 aliphatic carbocycles. The molecule has 0 bridgehead atoms. The standard InChI is InChI=1S/C4F12N3OP3/c5-1(6,3(9,10)11)2(7,8)4(12,13)20-23-17-21-18(14)22(16)19(23)15. The smallest absolute Gasteiger partial charge is 0.229 e. The second kappa shape index (κ2) is 6.05. The van der Waals surface area contributed by atoms with Gasteiger partial charge in [-0.2, -0.15) is 39.5 Å². The summed E-state index contributed by atoms with van der Waals surface area (Å²) in [5, 5.41) is 0. The summed E-state index contributed by atoms with van der Waals surface area (Å²) in [5.41, 5.74) is 0. The fourth-order valence-electron chi connectivity index (χ4n) is 0.830. The molecule has 2 unspecified atom stereocenters. The zero-order chi connectivity index (χ0) is 18.4. The van der Waals surface area contributed by atoms with E-state index < -0.39 is 57.5 Å². The molecule has 0 saturated carbocycles. The molecule has 1 heterocycles. The van der Waals surface area contributed by atoms with Crippen LogP contribution in [0.25, 0.3) is 0 Å². The highest BCUT2D eigenvalue weighted by molar-refractivity contribution is 7.55. The maximum Gasteiger partial charge on any atom is 0.460 e. The molecule has 0 fully saturated rings. The summed E-state index contributed by atoms with van der Waals surface area (Å²) in [6.45, 7) is 0. The van der Waals surface area contributed by atoms with Crippen LogP contribution in [-0.2, 0) is 0 Å². The molecule has 1 rings (SSSR count). The SMILES string of the molecule is Fn1pnp(OC(F)(F)C(F)(F)C(F)(F)C(F)(F)F)n(F)p1F. The molecule has 0 aliphatic rings. The number of hydrogen-bond acceptors (Lipinski definition) is 2. The van der Waals surface area contributed by atoms with Crippen molar-refractivity contribution >= 4 is 24.7 Å². The monoisotopic (exact) mass is 427 g/mol. The molecule has 4 nitrogen and oxygen atoms in total. The van der Waals surface area contributed by atoms with Crippen LogP contribution in [0.1, 0.15) is 0 Å². The van der Waals surface area contributed by atoms with Crippen LogP contribution in [0.5, 0.6) is 0 Å². The Balaban J connectivity index is 3.29. The summed E-state index contributed by atoms with van der Waals surface area (Å²) in [7, 11) is -9.50. The summed E-state index contributed by atoms with van der Waals surface area (Å²) < 4.78 is 153. The highest BCUT2D eigenvalue weighted by Crippen LogP contribution is 2.54. The minimum atomic E-state index is -7.26. The van der Waals surface area contributed by atoms with Crippen molar-refractivity contribution in [3.05, 3.63) is 0 Å². The molecule has 136 valence electrons. The van der Waals surface area contributed by atoms with Gasteiger partial charge in [-0.05, 0) is 0 Å². The van der Waals surface area contributed by atoms with Crippen molar-refractivity contribution < 1.29 is 57.2 Å². The molecule has 0 saturated heterocycles. The quantitative estimate of drug-likeness (QED) is 0.602. The van der Waals surface area contributed by atoms with Crippen LogP contribution in [0.2, 0.25) is 0 Å². The van der Waals surface area contributed by atoms with Crippen LogP contribution in [0.15, 0.2) is 0 Å². The van der Waals surface area contributed by atoms with Crippen LogP contribution in [0.3, 0.4) is 0 Å². The molecule has 0 amide bonds. The van der Waals surface area contributed by atoms with Gasteiger partial charge in [-0.25, -0.2) is 4.52 Å². The maximum atomic E-state index is 13.0. The summed E-state index contributed by atoms with van der Waals surface area (Å²) in [6.07, 6.45) is -13.7. The molecule has 0 spiro atoms. The Bertz CT molecular complexity index is 606. The highest BCUT2D eigenvalue weighted by atomic mass is 31.2. The van der Waals surface area contributed by atoms with Gasteiger partial charge in [0.1, 0.15) is 0 Å². The van der Waals surface area contributed by atoms with Gasteiger partial charge >= 0.3 is 24.1 Å². The van der Waals surface area contributed by atoms with E-state index in [0.29, 0.717) is 0 Å². The van der Waals surface area contributed by atoms with E-state index in [2.05, 4.69) is 9.03 Å². The number of hydrogen-bond donors (Lipinski definition) is 0. The highest BCUT2D eigenvalue weighted by Gasteiger charge is 2.83. The van der Waals surface area contributed by atoms with Gasteiger partial charge in [0.15, 0.2) is 8.51 Å². The largest absolute Gasteiger partial charge is 0.460 e. The van der Waals surface area contributed by atoms with Gasteiger partial charge < -0.3 is 0 Å². The van der Waals surface area contributed by atoms with E-state index in [9.17, 15) is 52.7 Å². The van der Waals surface area contributed by atoms with Crippen molar-refractivity contribution in [3.8, 4) is 0 Å². The van der Waals surface area contributed by atoms with Crippen molar-refractivity contribution in [2.24, 2.45) is 0 Å². The molecule has 23 heavy (non-hydrogen) atoms. The molecule has 0 radical (unpaired) electrons. The summed E-state index contributed by atoms with van der Waals surface area (Å²) in [5.74, 6) is -14.4. The van der Waals surface area contributed by atoms with E-state index in [1.165, 1.54) is 0 Å². The summed E-state index contributed by atoms with van der Waals surface area (Å²) >= 11 is 0. The summed E-state index contributed by atoms with van der Waals surface area (Å²) in [6, 6.07) is 0. The predicted octanol–water partition coefficient (Wildman–Crippen LogP) is 5.41. The third kappa shape index (κ3) is 3.45. The molecule has 0 aromatic carbocycles. The van der Waals surface area contributed by atoms with Crippen molar-refractivity contribution in [3.63, 3.8) is 0 Å². The maximum absolute atomic E-state index is 13.0. The molecular formula is C4F12N3OP3. The molecule has 0 aliphatic heterocycles. The lowest BCUT2D eigenvalue weighted by Crippen LogP contribution is -2.62. The van der Waals surface area contributed by atoms with E-state index in [1.807, 2.05) is 0 Å². The molecule has 2 atom stereocenters. The minimum Gasteiger partial charge on any atom is -0.229 e. The third-order valence-corrected chi connectivity index (χ3v) is 5.80. The Morgan fingerprint density at radius 1 is 0.870 bits per heavy atom. The van der Waals surface area contributed by atoms with Crippen LogP contribution in [0.4, 0.5) is 52.7 Å². The first kappa shape index (κ1) is 20.5. The first-order chi connectivity index (χ1) is 10.1. The van der Waals surface area contributed by atoms with Crippen LogP contribution < -0.4 is 4.52 Å². The number of rotatable bonds is 4. The normalized spacial score (nSPS) is 16.2. The van der Waals surface area contributed by atoms with Crippen molar-refractivity contribution in [2.75, 3.05) is 0 Å². The number of aromatic nitrogens is 3. The van der Waals surface area contributed by atoms with Crippen molar-refractivity contribution in [2.45, 2.75) is 24.1 Å². The predicted molar refractivity (Wildman–Crippen MR) is 52.8 cm³/mol. The second-order valence-corrected chi connectivity index (χ2v) is 7.51. The third-order valence-electron chi connectivity index (χ3n) is 1.92. The van der Waals surface area contributed by atoms with Gasteiger partial charge in [0.2, 0.25) is 8.08 Å². The molecule has 19 heteroatoms. The van der Waals surface area contributed by atoms with E-state index in [-0.39, 0.29) is 0 Å². The lowest BCUT2D eigenvalue weighted by molar-refractivity contribution is -0.422. The fourth-order valence-corrected chi connectivity index (χ4v) is 4.42.